The minimum atomic E-state index is 0.0899. The molecule has 3 heteroatoms. The fourth-order valence-electron chi connectivity index (χ4n) is 5.38. The lowest BCUT2D eigenvalue weighted by Crippen LogP contribution is -2.42. The molecule has 3 nitrogen and oxygen atoms in total. The van der Waals surface area contributed by atoms with Crippen LogP contribution in [-0.4, -0.2) is 19.0 Å². The smallest absolute Gasteiger partial charge is 0.253 e. The van der Waals surface area contributed by atoms with Crippen LogP contribution >= 0.6 is 0 Å². The van der Waals surface area contributed by atoms with Crippen molar-refractivity contribution in [2.45, 2.75) is 38.1 Å². The summed E-state index contributed by atoms with van der Waals surface area (Å²) in [5, 5.41) is 6.45. The molecule has 3 aliphatic carbocycles. The number of anilines is 1. The van der Waals surface area contributed by atoms with Gasteiger partial charge in [0.25, 0.3) is 5.91 Å². The number of carbonyl (C=O) groups excluding carboxylic acids is 1. The van der Waals surface area contributed by atoms with Crippen molar-refractivity contribution in [2.24, 2.45) is 23.7 Å². The van der Waals surface area contributed by atoms with Gasteiger partial charge in [-0.3, -0.25) is 4.79 Å². The van der Waals surface area contributed by atoms with Gasteiger partial charge < -0.3 is 10.6 Å². The molecule has 0 radical (unpaired) electrons. The molecule has 1 amide bonds. The van der Waals surface area contributed by atoms with E-state index in [-0.39, 0.29) is 5.91 Å². The van der Waals surface area contributed by atoms with E-state index in [9.17, 15) is 4.79 Å². The molecule has 21 heavy (non-hydrogen) atoms. The van der Waals surface area contributed by atoms with Crippen LogP contribution in [0.3, 0.4) is 0 Å². The molecule has 0 heterocycles. The van der Waals surface area contributed by atoms with Crippen molar-refractivity contribution >= 4 is 11.6 Å². The molecule has 0 aliphatic heterocycles. The SMILES string of the molecule is CNc1ccccc1C(=O)NC1CC2CC1C1CCCC21. The first-order valence-electron chi connectivity index (χ1n) is 8.35. The summed E-state index contributed by atoms with van der Waals surface area (Å²) in [5.74, 6) is 3.59. The van der Waals surface area contributed by atoms with Gasteiger partial charge in [0.15, 0.2) is 0 Å². The van der Waals surface area contributed by atoms with Gasteiger partial charge in [0.05, 0.1) is 5.56 Å². The Kier molecular flexibility index (Phi) is 3.16. The summed E-state index contributed by atoms with van der Waals surface area (Å²) < 4.78 is 0. The number of amides is 1. The molecule has 2 N–H and O–H groups in total. The topological polar surface area (TPSA) is 41.1 Å². The average Bonchev–Trinajstić information content (AvgIpc) is 3.19. The highest BCUT2D eigenvalue weighted by atomic mass is 16.1. The number of rotatable bonds is 3. The molecule has 3 aliphatic rings. The fraction of sp³-hybridized carbons (Fsp3) is 0.611. The maximum atomic E-state index is 12.6. The number of para-hydroxylation sites is 1. The van der Waals surface area contributed by atoms with Crippen LogP contribution in [0.15, 0.2) is 24.3 Å². The van der Waals surface area contributed by atoms with Crippen LogP contribution in [-0.2, 0) is 0 Å². The van der Waals surface area contributed by atoms with Gasteiger partial charge in [-0.2, -0.15) is 0 Å². The highest BCUT2D eigenvalue weighted by Gasteiger charge is 2.54. The predicted octanol–water partition coefficient (Wildman–Crippen LogP) is 3.28. The summed E-state index contributed by atoms with van der Waals surface area (Å²) in [6.07, 6.45) is 6.80. The van der Waals surface area contributed by atoms with Crippen LogP contribution in [0, 0.1) is 23.7 Å². The van der Waals surface area contributed by atoms with E-state index in [2.05, 4.69) is 10.6 Å². The maximum absolute atomic E-state index is 12.6. The van der Waals surface area contributed by atoms with E-state index in [1.165, 1.54) is 32.1 Å². The summed E-state index contributed by atoms with van der Waals surface area (Å²) in [4.78, 5) is 12.6. The van der Waals surface area contributed by atoms with E-state index in [1.54, 1.807) is 0 Å². The standard InChI is InChI=1S/C18H24N2O/c1-19-16-8-3-2-5-14(16)18(21)20-17-10-11-9-15(17)13-7-4-6-12(11)13/h2-3,5,8,11-13,15,17,19H,4,6-7,9-10H2,1H3,(H,20,21). The Bertz CT molecular complexity index is 556. The first kappa shape index (κ1) is 13.2. The molecule has 1 aromatic carbocycles. The highest BCUT2D eigenvalue weighted by Crippen LogP contribution is 2.58. The lowest BCUT2D eigenvalue weighted by Gasteiger charge is -2.32. The van der Waals surface area contributed by atoms with E-state index in [4.69, 9.17) is 0 Å². The van der Waals surface area contributed by atoms with Crippen LogP contribution in [0.2, 0.25) is 0 Å². The second-order valence-corrected chi connectivity index (χ2v) is 7.03. The normalized spacial score (nSPS) is 36.5. The molecule has 0 spiro atoms. The zero-order valence-corrected chi connectivity index (χ0v) is 12.6. The first-order valence-corrected chi connectivity index (χ1v) is 8.35. The Labute approximate surface area is 126 Å². The van der Waals surface area contributed by atoms with E-state index >= 15 is 0 Å². The Morgan fingerprint density at radius 1 is 1.10 bits per heavy atom. The van der Waals surface area contributed by atoms with Crippen molar-refractivity contribution in [3.05, 3.63) is 29.8 Å². The molecule has 5 atom stereocenters. The van der Waals surface area contributed by atoms with Gasteiger partial charge in [0, 0.05) is 18.8 Å². The third kappa shape index (κ3) is 2.05. The van der Waals surface area contributed by atoms with Crippen LogP contribution in [0.1, 0.15) is 42.5 Å². The molecule has 1 aromatic rings. The number of fused-ring (bicyclic) bond motifs is 5. The van der Waals surface area contributed by atoms with Crippen molar-refractivity contribution in [2.75, 3.05) is 12.4 Å². The molecule has 4 rings (SSSR count). The summed E-state index contributed by atoms with van der Waals surface area (Å²) in [6, 6.07) is 8.18. The third-order valence-electron chi connectivity index (χ3n) is 6.19. The minimum Gasteiger partial charge on any atom is -0.387 e. The quantitative estimate of drug-likeness (QED) is 0.894. The van der Waals surface area contributed by atoms with Crippen molar-refractivity contribution < 1.29 is 4.79 Å². The number of hydrogen-bond donors (Lipinski definition) is 2. The maximum Gasteiger partial charge on any atom is 0.253 e. The molecule has 5 unspecified atom stereocenters. The zero-order valence-electron chi connectivity index (χ0n) is 12.6. The number of benzene rings is 1. The number of carbonyl (C=O) groups is 1. The van der Waals surface area contributed by atoms with Gasteiger partial charge in [-0.05, 0) is 61.5 Å². The lowest BCUT2D eigenvalue weighted by atomic mass is 9.79. The minimum absolute atomic E-state index is 0.0899. The van der Waals surface area contributed by atoms with Crippen molar-refractivity contribution in [3.63, 3.8) is 0 Å². The molecular weight excluding hydrogens is 260 g/mol. The van der Waals surface area contributed by atoms with Crippen LogP contribution in [0.25, 0.3) is 0 Å². The Morgan fingerprint density at radius 2 is 1.90 bits per heavy atom. The Morgan fingerprint density at radius 3 is 2.76 bits per heavy atom. The molecule has 0 aromatic heterocycles. The molecule has 0 saturated heterocycles. The van der Waals surface area contributed by atoms with E-state index in [0.717, 1.165) is 34.9 Å². The van der Waals surface area contributed by atoms with Crippen LogP contribution < -0.4 is 10.6 Å². The second kappa shape index (κ2) is 5.04. The Balaban J connectivity index is 1.48. The molecule has 112 valence electrons. The van der Waals surface area contributed by atoms with Crippen LogP contribution in [0.4, 0.5) is 5.69 Å². The van der Waals surface area contributed by atoms with E-state index < -0.39 is 0 Å². The highest BCUT2D eigenvalue weighted by molar-refractivity contribution is 5.99. The van der Waals surface area contributed by atoms with Crippen molar-refractivity contribution in [3.8, 4) is 0 Å². The van der Waals surface area contributed by atoms with Gasteiger partial charge in [-0.25, -0.2) is 0 Å². The third-order valence-corrected chi connectivity index (χ3v) is 6.19. The van der Waals surface area contributed by atoms with Gasteiger partial charge in [0.1, 0.15) is 0 Å². The zero-order chi connectivity index (χ0) is 14.4. The summed E-state index contributed by atoms with van der Waals surface area (Å²) in [6.45, 7) is 0. The van der Waals surface area contributed by atoms with Crippen molar-refractivity contribution in [1.82, 2.24) is 5.32 Å². The van der Waals surface area contributed by atoms with E-state index in [1.807, 2.05) is 31.3 Å². The lowest BCUT2D eigenvalue weighted by molar-refractivity contribution is 0.0902. The summed E-state index contributed by atoms with van der Waals surface area (Å²) >= 11 is 0. The molecule has 3 fully saturated rings. The van der Waals surface area contributed by atoms with Gasteiger partial charge >= 0.3 is 0 Å². The average molecular weight is 284 g/mol. The van der Waals surface area contributed by atoms with Gasteiger partial charge in [0.2, 0.25) is 0 Å². The monoisotopic (exact) mass is 284 g/mol. The molecule has 3 saturated carbocycles. The molecular formula is C18H24N2O. The molecule has 2 bridgehead atoms. The van der Waals surface area contributed by atoms with Crippen LogP contribution in [0.5, 0.6) is 0 Å². The predicted molar refractivity (Wildman–Crippen MR) is 84.3 cm³/mol. The first-order chi connectivity index (χ1) is 10.3. The largest absolute Gasteiger partial charge is 0.387 e. The van der Waals surface area contributed by atoms with Gasteiger partial charge in [-0.15, -0.1) is 0 Å². The summed E-state index contributed by atoms with van der Waals surface area (Å²) in [5.41, 5.74) is 1.68. The van der Waals surface area contributed by atoms with Crippen molar-refractivity contribution in [1.29, 1.82) is 0 Å². The number of nitrogens with one attached hydrogen (secondary N) is 2. The fourth-order valence-corrected chi connectivity index (χ4v) is 5.38. The number of hydrogen-bond acceptors (Lipinski definition) is 2. The second-order valence-electron chi connectivity index (χ2n) is 7.03. The summed E-state index contributed by atoms with van der Waals surface area (Å²) in [7, 11) is 1.87. The van der Waals surface area contributed by atoms with Gasteiger partial charge in [-0.1, -0.05) is 18.6 Å². The van der Waals surface area contributed by atoms with E-state index in [0.29, 0.717) is 6.04 Å². The Hall–Kier alpha value is -1.51.